The predicted octanol–water partition coefficient (Wildman–Crippen LogP) is 0.825. The van der Waals surface area contributed by atoms with Crippen LogP contribution >= 0.6 is 0 Å². The lowest BCUT2D eigenvalue weighted by atomic mass is 10.1. The molecule has 0 aromatic carbocycles. The van der Waals surface area contributed by atoms with Crippen LogP contribution in [0, 0.1) is 0 Å². The van der Waals surface area contributed by atoms with E-state index >= 15 is 0 Å². The molecule has 0 radical (unpaired) electrons. The summed E-state index contributed by atoms with van der Waals surface area (Å²) < 4.78 is 20.8. The van der Waals surface area contributed by atoms with Gasteiger partial charge in [-0.15, -0.1) is 0 Å². The van der Waals surface area contributed by atoms with Crippen molar-refractivity contribution in [2.75, 3.05) is 6.61 Å². The molecule has 2 fully saturated rings. The number of hydrogen-bond donors (Lipinski definition) is 0. The van der Waals surface area contributed by atoms with E-state index in [2.05, 4.69) is 4.74 Å². The fourth-order valence-corrected chi connectivity index (χ4v) is 2.69. The van der Waals surface area contributed by atoms with Crippen molar-refractivity contribution in [3.05, 3.63) is 0 Å². The lowest BCUT2D eigenvalue weighted by Gasteiger charge is -2.36. The first kappa shape index (κ1) is 16.5. The van der Waals surface area contributed by atoms with Crippen molar-refractivity contribution in [3.63, 3.8) is 0 Å². The van der Waals surface area contributed by atoms with Gasteiger partial charge >= 0.3 is 12.1 Å². The molecular formula is C14H21NO7. The van der Waals surface area contributed by atoms with E-state index in [1.165, 1.54) is 4.90 Å². The summed E-state index contributed by atoms with van der Waals surface area (Å²) in [5.41, 5.74) is -1.72. The number of carbonyl (C=O) groups excluding carboxylic acids is 3. The number of nitrogens with zero attached hydrogens (tertiary/aromatic N) is 1. The highest BCUT2D eigenvalue weighted by Gasteiger charge is 2.62. The average Bonchev–Trinajstić information content (AvgIpc) is 2.78. The predicted molar refractivity (Wildman–Crippen MR) is 72.7 cm³/mol. The Kier molecular flexibility index (Phi) is 4.08. The number of amides is 1. The molecule has 0 N–H and O–H groups in total. The molecule has 2 saturated heterocycles. The van der Waals surface area contributed by atoms with Gasteiger partial charge in [0, 0.05) is 0 Å². The second-order valence-corrected chi connectivity index (χ2v) is 6.73. The van der Waals surface area contributed by atoms with E-state index in [1.807, 2.05) is 0 Å². The topological polar surface area (TPSA) is 91.4 Å². The van der Waals surface area contributed by atoms with E-state index < -0.39 is 41.6 Å². The van der Waals surface area contributed by atoms with Gasteiger partial charge in [0.2, 0.25) is 0 Å². The fourth-order valence-electron chi connectivity index (χ4n) is 2.69. The zero-order valence-electron chi connectivity index (χ0n) is 13.3. The molecule has 22 heavy (non-hydrogen) atoms. The summed E-state index contributed by atoms with van der Waals surface area (Å²) in [7, 11) is 0. The van der Waals surface area contributed by atoms with Crippen LogP contribution in [-0.4, -0.2) is 59.6 Å². The second-order valence-electron chi connectivity index (χ2n) is 6.73. The summed E-state index contributed by atoms with van der Waals surface area (Å²) in [6.07, 6.45) is -2.31. The Labute approximate surface area is 128 Å². The summed E-state index contributed by atoms with van der Waals surface area (Å²) in [5, 5.41) is 0. The van der Waals surface area contributed by atoms with Crippen molar-refractivity contribution >= 4 is 18.5 Å². The third kappa shape index (κ3) is 3.01. The maximum atomic E-state index is 12.5. The number of cyclic esters (lactones) is 1. The third-order valence-electron chi connectivity index (χ3n) is 3.40. The Morgan fingerprint density at radius 3 is 2.59 bits per heavy atom. The number of esters is 1. The zero-order valence-corrected chi connectivity index (χ0v) is 13.3. The summed E-state index contributed by atoms with van der Waals surface area (Å²) in [5.74, 6) is -0.580. The van der Waals surface area contributed by atoms with E-state index in [4.69, 9.17) is 14.2 Å². The number of carbonyl (C=O) groups is 3. The van der Waals surface area contributed by atoms with Gasteiger partial charge < -0.3 is 18.9 Å². The van der Waals surface area contributed by atoms with Crippen molar-refractivity contribution in [2.24, 2.45) is 0 Å². The highest BCUT2D eigenvalue weighted by molar-refractivity contribution is 5.81. The maximum Gasteiger partial charge on any atom is 0.413 e. The molecule has 0 spiro atoms. The average molecular weight is 315 g/mol. The Morgan fingerprint density at radius 1 is 1.41 bits per heavy atom. The van der Waals surface area contributed by atoms with E-state index in [-0.39, 0.29) is 13.1 Å². The van der Waals surface area contributed by atoms with Gasteiger partial charge in [-0.05, 0) is 34.6 Å². The van der Waals surface area contributed by atoms with E-state index in [1.54, 1.807) is 34.6 Å². The van der Waals surface area contributed by atoms with E-state index in [9.17, 15) is 14.4 Å². The Balaban J connectivity index is 2.26. The number of ether oxygens (including phenoxy) is 4. The van der Waals surface area contributed by atoms with Gasteiger partial charge in [-0.2, -0.15) is 0 Å². The van der Waals surface area contributed by atoms with Gasteiger partial charge in [0.1, 0.15) is 24.0 Å². The smallest absolute Gasteiger partial charge is 0.413 e. The van der Waals surface area contributed by atoms with Crippen molar-refractivity contribution in [1.82, 2.24) is 4.90 Å². The summed E-state index contributed by atoms with van der Waals surface area (Å²) in [6, 6.07) is -0.697. The zero-order chi connectivity index (χ0) is 16.7. The van der Waals surface area contributed by atoms with Crippen LogP contribution in [0.15, 0.2) is 0 Å². The Hall–Kier alpha value is -1.83. The van der Waals surface area contributed by atoms with Crippen LogP contribution in [0.1, 0.15) is 34.6 Å². The number of rotatable bonds is 3. The SMILES string of the molecule is CC(C)(C)OC(=O)N1[C@@H]2[C@@H](COC=O)OC(=O)[C@@H]2OC1(C)C. The van der Waals surface area contributed by atoms with Crippen LogP contribution in [0.3, 0.4) is 0 Å². The summed E-state index contributed by atoms with van der Waals surface area (Å²) >= 11 is 0. The first-order valence-corrected chi connectivity index (χ1v) is 7.03. The fraction of sp³-hybridized carbons (Fsp3) is 0.786. The van der Waals surface area contributed by atoms with Gasteiger partial charge in [-0.3, -0.25) is 9.69 Å². The molecule has 8 nitrogen and oxygen atoms in total. The molecular weight excluding hydrogens is 294 g/mol. The molecule has 3 atom stereocenters. The largest absolute Gasteiger partial charge is 0.464 e. The minimum Gasteiger partial charge on any atom is -0.464 e. The monoisotopic (exact) mass is 315 g/mol. The van der Waals surface area contributed by atoms with Gasteiger partial charge in [0.05, 0.1) is 0 Å². The Bertz CT molecular complexity index is 482. The van der Waals surface area contributed by atoms with Crippen LogP contribution in [0.5, 0.6) is 0 Å². The molecule has 2 aliphatic rings. The molecule has 0 unspecified atom stereocenters. The molecule has 0 aromatic heterocycles. The summed E-state index contributed by atoms with van der Waals surface area (Å²) in [6.45, 7) is 8.69. The minimum atomic E-state index is -1.03. The lowest BCUT2D eigenvalue weighted by molar-refractivity contribution is -0.164. The minimum absolute atomic E-state index is 0.144. The summed E-state index contributed by atoms with van der Waals surface area (Å²) in [4.78, 5) is 36.1. The van der Waals surface area contributed by atoms with Crippen LogP contribution in [0.2, 0.25) is 0 Å². The van der Waals surface area contributed by atoms with Crippen LogP contribution in [0.25, 0.3) is 0 Å². The molecule has 2 aliphatic heterocycles. The van der Waals surface area contributed by atoms with Crippen LogP contribution in [-0.2, 0) is 28.5 Å². The highest BCUT2D eigenvalue weighted by Crippen LogP contribution is 2.40. The first-order chi connectivity index (χ1) is 10.1. The highest BCUT2D eigenvalue weighted by atomic mass is 16.6. The normalized spacial score (nSPS) is 29.8. The molecule has 0 aliphatic carbocycles. The molecule has 0 saturated carbocycles. The molecule has 1 amide bonds. The van der Waals surface area contributed by atoms with E-state index in [0.29, 0.717) is 0 Å². The van der Waals surface area contributed by atoms with Crippen LogP contribution in [0.4, 0.5) is 4.79 Å². The van der Waals surface area contributed by atoms with Crippen molar-refractivity contribution in [2.45, 2.75) is 64.2 Å². The van der Waals surface area contributed by atoms with Gasteiger partial charge in [0.15, 0.2) is 12.2 Å². The molecule has 8 heteroatoms. The van der Waals surface area contributed by atoms with Crippen molar-refractivity contribution < 1.29 is 33.3 Å². The second kappa shape index (κ2) is 5.42. The third-order valence-corrected chi connectivity index (χ3v) is 3.40. The maximum absolute atomic E-state index is 12.5. The molecule has 2 rings (SSSR count). The van der Waals surface area contributed by atoms with E-state index in [0.717, 1.165) is 0 Å². The van der Waals surface area contributed by atoms with Gasteiger partial charge in [-0.1, -0.05) is 0 Å². The Morgan fingerprint density at radius 2 is 2.05 bits per heavy atom. The van der Waals surface area contributed by atoms with Crippen molar-refractivity contribution in [3.8, 4) is 0 Å². The molecule has 0 bridgehead atoms. The number of hydrogen-bond acceptors (Lipinski definition) is 7. The first-order valence-electron chi connectivity index (χ1n) is 7.03. The quantitative estimate of drug-likeness (QED) is 0.432. The van der Waals surface area contributed by atoms with Crippen molar-refractivity contribution in [1.29, 1.82) is 0 Å². The molecule has 2 heterocycles. The molecule has 0 aromatic rings. The molecule has 124 valence electrons. The van der Waals surface area contributed by atoms with Gasteiger partial charge in [-0.25, -0.2) is 9.59 Å². The van der Waals surface area contributed by atoms with Gasteiger partial charge in [0.25, 0.3) is 6.47 Å². The lowest BCUT2D eigenvalue weighted by Crippen LogP contribution is -2.53. The van der Waals surface area contributed by atoms with Crippen LogP contribution < -0.4 is 0 Å². The standard InChI is InChI=1S/C14H21NO7/c1-13(2,3)22-12(18)15-9-8(6-19-7-16)20-11(17)10(9)21-14(15,4)5/h7-10H,6H2,1-5H3/t8-,9-,10-/m1/s1. The number of fused-ring (bicyclic) bond motifs is 1.